The Balaban J connectivity index is 1.55. The molecule has 6 nitrogen and oxygen atoms in total. The van der Waals surface area contributed by atoms with E-state index in [1.165, 1.54) is 12.1 Å². The zero-order valence-corrected chi connectivity index (χ0v) is 17.3. The lowest BCUT2D eigenvalue weighted by atomic mass is 9.91. The van der Waals surface area contributed by atoms with Gasteiger partial charge in [-0.1, -0.05) is 6.07 Å². The number of carbonyl (C=O) groups excluding carboxylic acids is 1. The maximum Gasteiger partial charge on any atom is 0.416 e. The highest BCUT2D eigenvalue weighted by atomic mass is 19.4. The van der Waals surface area contributed by atoms with Crippen molar-refractivity contribution >= 4 is 17.7 Å². The molecular formula is C21H26F3N5O. The summed E-state index contributed by atoms with van der Waals surface area (Å²) in [6.07, 6.45) is 0.458. The van der Waals surface area contributed by atoms with Crippen LogP contribution in [-0.2, 0) is 6.18 Å². The Morgan fingerprint density at radius 3 is 2.43 bits per heavy atom. The molecule has 30 heavy (non-hydrogen) atoms. The van der Waals surface area contributed by atoms with Crippen molar-refractivity contribution in [3.05, 3.63) is 47.2 Å². The van der Waals surface area contributed by atoms with Crippen LogP contribution in [0.1, 0.15) is 47.2 Å². The van der Waals surface area contributed by atoms with Gasteiger partial charge in [-0.25, -0.2) is 4.98 Å². The van der Waals surface area contributed by atoms with Crippen LogP contribution < -0.4 is 15.5 Å². The van der Waals surface area contributed by atoms with Crippen molar-refractivity contribution in [1.82, 2.24) is 15.3 Å². The molecule has 0 aliphatic heterocycles. The van der Waals surface area contributed by atoms with Crippen LogP contribution >= 0.6 is 0 Å². The first kappa shape index (κ1) is 21.9. The van der Waals surface area contributed by atoms with Crippen molar-refractivity contribution in [3.8, 4) is 0 Å². The Morgan fingerprint density at radius 2 is 1.80 bits per heavy atom. The lowest BCUT2D eigenvalue weighted by Gasteiger charge is -2.30. The molecule has 1 fully saturated rings. The van der Waals surface area contributed by atoms with E-state index in [9.17, 15) is 18.0 Å². The van der Waals surface area contributed by atoms with Crippen molar-refractivity contribution in [2.75, 3.05) is 24.3 Å². The van der Waals surface area contributed by atoms with E-state index in [1.54, 1.807) is 6.20 Å². The molecule has 0 unspecified atom stereocenters. The van der Waals surface area contributed by atoms with Gasteiger partial charge in [-0.3, -0.25) is 4.79 Å². The lowest BCUT2D eigenvalue weighted by Crippen LogP contribution is -2.40. The molecule has 1 saturated carbocycles. The van der Waals surface area contributed by atoms with Crippen LogP contribution in [0, 0.1) is 6.92 Å². The largest absolute Gasteiger partial charge is 0.416 e. The van der Waals surface area contributed by atoms with E-state index in [2.05, 4.69) is 20.6 Å². The van der Waals surface area contributed by atoms with E-state index in [4.69, 9.17) is 0 Å². The molecule has 162 valence electrons. The summed E-state index contributed by atoms with van der Waals surface area (Å²) in [5.41, 5.74) is 0.166. The molecule has 1 aromatic carbocycles. The van der Waals surface area contributed by atoms with Gasteiger partial charge in [0.15, 0.2) is 0 Å². The second-order valence-electron chi connectivity index (χ2n) is 7.84. The van der Waals surface area contributed by atoms with E-state index >= 15 is 0 Å². The number of anilines is 2. The van der Waals surface area contributed by atoms with Gasteiger partial charge in [0, 0.05) is 43.5 Å². The number of hydrogen-bond donors (Lipinski definition) is 2. The molecule has 0 spiro atoms. The van der Waals surface area contributed by atoms with Crippen LogP contribution in [-0.4, -0.2) is 42.1 Å². The van der Waals surface area contributed by atoms with Gasteiger partial charge in [-0.2, -0.15) is 18.2 Å². The average Bonchev–Trinajstić information content (AvgIpc) is 2.70. The number of rotatable bonds is 5. The molecule has 9 heteroatoms. The number of nitrogens with zero attached hydrogens (tertiary/aromatic N) is 3. The number of carbonyl (C=O) groups is 1. The molecule has 0 radical (unpaired) electrons. The third-order valence-corrected chi connectivity index (χ3v) is 5.21. The molecule has 0 bridgehead atoms. The van der Waals surface area contributed by atoms with Gasteiger partial charge < -0.3 is 15.5 Å². The third-order valence-electron chi connectivity index (χ3n) is 5.21. The van der Waals surface area contributed by atoms with Crippen LogP contribution in [0.2, 0.25) is 0 Å². The average molecular weight is 421 g/mol. The monoisotopic (exact) mass is 421 g/mol. The van der Waals surface area contributed by atoms with Gasteiger partial charge in [-0.05, 0) is 50.8 Å². The first-order valence-electron chi connectivity index (χ1n) is 9.89. The molecular weight excluding hydrogens is 395 g/mol. The SMILES string of the molecule is Cc1cnc(N(C)C)nc1NC1CCC(NC(=O)c2cccc(C(F)(F)F)c2)CC1. The van der Waals surface area contributed by atoms with E-state index in [1.807, 2.05) is 25.9 Å². The highest BCUT2D eigenvalue weighted by Gasteiger charge is 2.31. The van der Waals surface area contributed by atoms with Crippen molar-refractivity contribution in [1.29, 1.82) is 0 Å². The van der Waals surface area contributed by atoms with Gasteiger partial charge in [0.05, 0.1) is 5.56 Å². The number of aryl methyl sites for hydroxylation is 1. The zero-order chi connectivity index (χ0) is 21.9. The molecule has 1 aliphatic carbocycles. The second-order valence-corrected chi connectivity index (χ2v) is 7.84. The zero-order valence-electron chi connectivity index (χ0n) is 17.3. The Kier molecular flexibility index (Phi) is 6.48. The molecule has 0 atom stereocenters. The summed E-state index contributed by atoms with van der Waals surface area (Å²) < 4.78 is 38.6. The van der Waals surface area contributed by atoms with E-state index in [0.29, 0.717) is 5.95 Å². The minimum Gasteiger partial charge on any atom is -0.367 e. The van der Waals surface area contributed by atoms with Crippen LogP contribution in [0.15, 0.2) is 30.5 Å². The lowest BCUT2D eigenvalue weighted by molar-refractivity contribution is -0.137. The smallest absolute Gasteiger partial charge is 0.367 e. The molecule has 1 amide bonds. The number of aromatic nitrogens is 2. The number of hydrogen-bond acceptors (Lipinski definition) is 5. The number of halogens is 3. The van der Waals surface area contributed by atoms with Gasteiger partial charge in [0.2, 0.25) is 5.95 Å². The summed E-state index contributed by atoms with van der Waals surface area (Å²) in [6, 6.07) is 4.67. The number of nitrogens with one attached hydrogen (secondary N) is 2. The summed E-state index contributed by atoms with van der Waals surface area (Å²) in [7, 11) is 3.76. The fourth-order valence-electron chi connectivity index (χ4n) is 3.48. The fraction of sp³-hybridized carbons (Fsp3) is 0.476. The van der Waals surface area contributed by atoms with Gasteiger partial charge in [0.1, 0.15) is 5.82 Å². The molecule has 0 saturated heterocycles. The van der Waals surface area contributed by atoms with Crippen molar-refractivity contribution in [3.63, 3.8) is 0 Å². The third kappa shape index (κ3) is 5.40. The van der Waals surface area contributed by atoms with Gasteiger partial charge >= 0.3 is 6.18 Å². The number of alkyl halides is 3. The van der Waals surface area contributed by atoms with E-state index in [-0.39, 0.29) is 17.6 Å². The van der Waals surface area contributed by atoms with Crippen LogP contribution in [0.4, 0.5) is 24.9 Å². The van der Waals surface area contributed by atoms with Crippen LogP contribution in [0.3, 0.4) is 0 Å². The normalized spacial score (nSPS) is 19.3. The van der Waals surface area contributed by atoms with Crippen molar-refractivity contribution < 1.29 is 18.0 Å². The highest BCUT2D eigenvalue weighted by molar-refractivity contribution is 5.94. The summed E-state index contributed by atoms with van der Waals surface area (Å²) in [5.74, 6) is 0.954. The Morgan fingerprint density at radius 1 is 1.13 bits per heavy atom. The predicted octanol–water partition coefficient (Wildman–Crippen LogP) is 4.02. The second kappa shape index (κ2) is 8.89. The Hall–Kier alpha value is -2.84. The Bertz CT molecular complexity index is 892. The standard InChI is InChI=1S/C21H26F3N5O/c1-13-12-25-20(29(2)3)28-18(13)26-16-7-9-17(10-8-16)27-19(30)14-5-4-6-15(11-14)21(22,23)24/h4-6,11-12,16-17H,7-10H2,1-3H3,(H,27,30)(H,25,26,28). The van der Waals surface area contributed by atoms with E-state index in [0.717, 1.165) is 49.2 Å². The molecule has 1 aromatic heterocycles. The quantitative estimate of drug-likeness (QED) is 0.763. The van der Waals surface area contributed by atoms with Crippen LogP contribution in [0.5, 0.6) is 0 Å². The molecule has 2 N–H and O–H groups in total. The van der Waals surface area contributed by atoms with Crippen molar-refractivity contribution in [2.24, 2.45) is 0 Å². The maximum absolute atomic E-state index is 12.9. The number of amides is 1. The fourth-order valence-corrected chi connectivity index (χ4v) is 3.48. The molecule has 1 aliphatic rings. The summed E-state index contributed by atoms with van der Waals surface area (Å²) in [4.78, 5) is 23.1. The minimum atomic E-state index is -4.47. The molecule has 3 rings (SSSR count). The van der Waals surface area contributed by atoms with Crippen molar-refractivity contribution in [2.45, 2.75) is 50.9 Å². The molecule has 2 aromatic rings. The predicted molar refractivity (Wildman–Crippen MR) is 110 cm³/mol. The first-order chi connectivity index (χ1) is 14.1. The van der Waals surface area contributed by atoms with Crippen LogP contribution in [0.25, 0.3) is 0 Å². The number of benzene rings is 1. The van der Waals surface area contributed by atoms with E-state index < -0.39 is 17.6 Å². The first-order valence-corrected chi connectivity index (χ1v) is 9.89. The minimum absolute atomic E-state index is 0.0258. The summed E-state index contributed by atoms with van der Waals surface area (Å²) in [5, 5.41) is 6.33. The van der Waals surface area contributed by atoms with Gasteiger partial charge in [-0.15, -0.1) is 0 Å². The van der Waals surface area contributed by atoms with Gasteiger partial charge in [0.25, 0.3) is 5.91 Å². The Labute approximate surface area is 173 Å². The topological polar surface area (TPSA) is 70.2 Å². The molecule has 1 heterocycles. The highest BCUT2D eigenvalue weighted by Crippen LogP contribution is 2.30. The maximum atomic E-state index is 12.9. The summed E-state index contributed by atoms with van der Waals surface area (Å²) in [6.45, 7) is 1.95. The summed E-state index contributed by atoms with van der Waals surface area (Å²) >= 11 is 0.